The van der Waals surface area contributed by atoms with Crippen LogP contribution in [0.2, 0.25) is 0 Å². The minimum absolute atomic E-state index is 0.235. The molecule has 0 spiro atoms. The van der Waals surface area contributed by atoms with E-state index in [-0.39, 0.29) is 4.48 Å². The van der Waals surface area contributed by atoms with E-state index in [9.17, 15) is 10.2 Å². The van der Waals surface area contributed by atoms with E-state index in [0.29, 0.717) is 10.2 Å². The molecule has 14 heavy (non-hydrogen) atoms. The summed E-state index contributed by atoms with van der Waals surface area (Å²) in [6, 6.07) is 1.61. The van der Waals surface area contributed by atoms with Crippen LogP contribution in [-0.2, 0) is 4.74 Å². The van der Waals surface area contributed by atoms with Gasteiger partial charge in [-0.1, -0.05) is 0 Å². The molecule has 0 heterocycles. The van der Waals surface area contributed by atoms with Crippen LogP contribution in [-0.4, -0.2) is 29.0 Å². The summed E-state index contributed by atoms with van der Waals surface area (Å²) in [5.41, 5.74) is -1.93. The minimum Gasteiger partial charge on any atom is -0.495 e. The molecular weight excluding hydrogens is 318 g/mol. The minimum atomic E-state index is -1.93. The Balaban J connectivity index is 3.24. The molecule has 0 fully saturated rings. The van der Waals surface area contributed by atoms with Crippen molar-refractivity contribution in [2.45, 2.75) is 11.7 Å². The Labute approximate surface area is 97.7 Å². The average molecular weight is 325 g/mol. The Morgan fingerprint density at radius 3 is 2.64 bits per heavy atom. The summed E-state index contributed by atoms with van der Waals surface area (Å²) >= 11 is 6.19. The molecular formula is C8H7Br2NO3. The fourth-order valence-corrected chi connectivity index (χ4v) is 2.77. The lowest BCUT2D eigenvalue weighted by atomic mass is 9.93. The Kier molecular flexibility index (Phi) is 3.37. The van der Waals surface area contributed by atoms with E-state index in [1.165, 1.54) is 13.2 Å². The third kappa shape index (κ3) is 1.73. The van der Waals surface area contributed by atoms with E-state index in [0.717, 1.165) is 0 Å². The highest BCUT2D eigenvalue weighted by Crippen LogP contribution is 2.37. The first kappa shape index (κ1) is 11.7. The lowest BCUT2D eigenvalue weighted by Crippen LogP contribution is -2.42. The van der Waals surface area contributed by atoms with Gasteiger partial charge >= 0.3 is 0 Å². The normalized spacial score (nSPS) is 32.3. The van der Waals surface area contributed by atoms with Gasteiger partial charge in [0.15, 0.2) is 0 Å². The maximum absolute atomic E-state index is 9.67. The van der Waals surface area contributed by atoms with Crippen LogP contribution < -0.4 is 0 Å². The molecule has 0 radical (unpaired) electrons. The van der Waals surface area contributed by atoms with E-state index in [2.05, 4.69) is 31.9 Å². The van der Waals surface area contributed by atoms with Gasteiger partial charge in [0.2, 0.25) is 5.60 Å². The highest BCUT2D eigenvalue weighted by atomic mass is 79.9. The van der Waals surface area contributed by atoms with Gasteiger partial charge < -0.3 is 14.9 Å². The first-order valence-electron chi connectivity index (χ1n) is 3.60. The molecule has 4 nitrogen and oxygen atoms in total. The molecule has 2 N–H and O–H groups in total. The van der Waals surface area contributed by atoms with Crippen molar-refractivity contribution in [1.29, 1.82) is 5.26 Å². The largest absolute Gasteiger partial charge is 0.495 e. The molecule has 1 aliphatic rings. The summed E-state index contributed by atoms with van der Waals surface area (Å²) < 4.78 is 5.61. The predicted octanol–water partition coefficient (Wildman–Crippen LogP) is 1.15. The second kappa shape index (κ2) is 4.03. The van der Waals surface area contributed by atoms with Crippen LogP contribution in [0.15, 0.2) is 20.8 Å². The first-order chi connectivity index (χ1) is 6.46. The van der Waals surface area contributed by atoms with Gasteiger partial charge in [-0.25, -0.2) is 0 Å². The Bertz CT molecular complexity index is 358. The van der Waals surface area contributed by atoms with Crippen LogP contribution in [0.1, 0.15) is 0 Å². The van der Waals surface area contributed by atoms with Crippen LogP contribution in [0.5, 0.6) is 0 Å². The summed E-state index contributed by atoms with van der Waals surface area (Å²) in [5.74, 6) is 0.359. The Morgan fingerprint density at radius 2 is 2.21 bits per heavy atom. The van der Waals surface area contributed by atoms with Crippen molar-refractivity contribution in [3.05, 3.63) is 20.8 Å². The third-order valence-corrected chi connectivity index (χ3v) is 3.20. The van der Waals surface area contributed by atoms with E-state index in [4.69, 9.17) is 10.00 Å². The van der Waals surface area contributed by atoms with Crippen LogP contribution in [0.4, 0.5) is 0 Å². The molecule has 0 saturated heterocycles. The number of rotatable bonds is 1. The quantitative estimate of drug-likeness (QED) is 0.710. The van der Waals surface area contributed by atoms with E-state index in [1.54, 1.807) is 6.07 Å². The topological polar surface area (TPSA) is 73.5 Å². The fourth-order valence-electron chi connectivity index (χ4n) is 1.06. The van der Waals surface area contributed by atoms with E-state index >= 15 is 0 Å². The number of hydrogen-bond acceptors (Lipinski definition) is 4. The first-order valence-corrected chi connectivity index (χ1v) is 5.19. The molecule has 0 amide bonds. The van der Waals surface area contributed by atoms with Crippen LogP contribution >= 0.6 is 31.9 Å². The summed E-state index contributed by atoms with van der Waals surface area (Å²) in [7, 11) is 1.43. The van der Waals surface area contributed by atoms with E-state index in [1.807, 2.05) is 0 Å². The van der Waals surface area contributed by atoms with Gasteiger partial charge in [-0.15, -0.1) is 0 Å². The SMILES string of the molecule is COC1=C(Br)[C@H](O)[C@](O)(C#N)C=C1Br. The highest BCUT2D eigenvalue weighted by Gasteiger charge is 2.41. The molecule has 2 atom stereocenters. The third-order valence-electron chi connectivity index (χ3n) is 1.82. The number of nitriles is 1. The summed E-state index contributed by atoms with van der Waals surface area (Å²) in [4.78, 5) is 0. The van der Waals surface area contributed by atoms with Gasteiger partial charge in [-0.2, -0.15) is 5.26 Å². The lowest BCUT2D eigenvalue weighted by Gasteiger charge is -2.28. The van der Waals surface area contributed by atoms with Crippen LogP contribution in [0.25, 0.3) is 0 Å². The van der Waals surface area contributed by atoms with Gasteiger partial charge in [0.25, 0.3) is 0 Å². The number of allylic oxidation sites excluding steroid dienone is 1. The van der Waals surface area contributed by atoms with Crippen molar-refractivity contribution in [1.82, 2.24) is 0 Å². The van der Waals surface area contributed by atoms with E-state index < -0.39 is 11.7 Å². The molecule has 0 aromatic heterocycles. The van der Waals surface area contributed by atoms with Crippen molar-refractivity contribution in [3.63, 3.8) is 0 Å². The second-order valence-corrected chi connectivity index (χ2v) is 4.42. The molecule has 0 saturated carbocycles. The molecule has 0 aromatic carbocycles. The monoisotopic (exact) mass is 323 g/mol. The number of ether oxygens (including phenoxy) is 1. The molecule has 0 aliphatic heterocycles. The van der Waals surface area contributed by atoms with Crippen LogP contribution in [0.3, 0.4) is 0 Å². The van der Waals surface area contributed by atoms with Gasteiger partial charge in [-0.3, -0.25) is 0 Å². The Hall–Kier alpha value is -0.350. The summed E-state index contributed by atoms with van der Waals surface area (Å²) in [6.45, 7) is 0. The van der Waals surface area contributed by atoms with Crippen molar-refractivity contribution < 1.29 is 14.9 Å². The van der Waals surface area contributed by atoms with Crippen molar-refractivity contribution in [2.75, 3.05) is 7.11 Å². The number of halogens is 2. The molecule has 76 valence electrons. The highest BCUT2D eigenvalue weighted by molar-refractivity contribution is 9.12. The smallest absolute Gasteiger partial charge is 0.202 e. The zero-order valence-corrected chi connectivity index (χ0v) is 10.3. The zero-order chi connectivity index (χ0) is 10.9. The maximum Gasteiger partial charge on any atom is 0.202 e. The molecule has 0 aromatic rings. The van der Waals surface area contributed by atoms with Gasteiger partial charge in [0.1, 0.15) is 17.9 Å². The number of methoxy groups -OCH3 is 1. The van der Waals surface area contributed by atoms with Gasteiger partial charge in [0, 0.05) is 0 Å². The summed E-state index contributed by atoms with van der Waals surface area (Å²) in [5, 5.41) is 28.0. The molecule has 6 heteroatoms. The van der Waals surface area contributed by atoms with Gasteiger partial charge in [-0.05, 0) is 37.9 Å². The van der Waals surface area contributed by atoms with Crippen molar-refractivity contribution >= 4 is 31.9 Å². The zero-order valence-electron chi connectivity index (χ0n) is 7.16. The number of nitrogens with zero attached hydrogens (tertiary/aromatic N) is 1. The van der Waals surface area contributed by atoms with Gasteiger partial charge in [0.05, 0.1) is 16.1 Å². The average Bonchev–Trinajstić information content (AvgIpc) is 2.15. The number of aliphatic hydroxyl groups is 2. The Morgan fingerprint density at radius 1 is 1.64 bits per heavy atom. The predicted molar refractivity (Wildman–Crippen MR) is 56.5 cm³/mol. The second-order valence-electron chi connectivity index (χ2n) is 2.71. The standard InChI is InChI=1S/C8H7Br2NO3/c1-14-6-4(9)2-8(13,3-11)7(12)5(6)10/h2,7,12-13H,1H3/t7-,8+/m0/s1. The molecule has 1 aliphatic carbocycles. The molecule has 0 unspecified atom stereocenters. The van der Waals surface area contributed by atoms with Crippen molar-refractivity contribution in [2.24, 2.45) is 0 Å². The lowest BCUT2D eigenvalue weighted by molar-refractivity contribution is 0.0217. The van der Waals surface area contributed by atoms with Crippen LogP contribution in [0, 0.1) is 11.3 Å². The summed E-state index contributed by atoms with van der Waals surface area (Å²) in [6.07, 6.45) is -0.148. The number of hydrogen-bond donors (Lipinski definition) is 2. The molecule has 0 bridgehead atoms. The molecule has 1 rings (SSSR count). The maximum atomic E-state index is 9.67. The van der Waals surface area contributed by atoms with Crippen molar-refractivity contribution in [3.8, 4) is 6.07 Å². The fraction of sp³-hybridized carbons (Fsp3) is 0.375. The number of aliphatic hydroxyl groups excluding tert-OH is 1.